The molecule has 5 rings (SSSR count). The molecule has 3 heterocycles. The molecule has 1 spiro atoms. The normalized spacial score (nSPS) is 20.7. The van der Waals surface area contributed by atoms with Gasteiger partial charge in [-0.15, -0.1) is 0 Å². The van der Waals surface area contributed by atoms with Crippen LogP contribution in [0.4, 0.5) is 5.69 Å². The molecule has 2 aliphatic heterocycles. The Bertz CT molecular complexity index is 1270. The molecular formula is C22H26N4O6S. The zero-order valence-corrected chi connectivity index (χ0v) is 18.9. The SMILES string of the molecule is O=C(NCc1ccccc1N1CCCCS1(=O)=O)c1nc2n(c(=O)c1O)CCOC21CCC1. The summed E-state index contributed by atoms with van der Waals surface area (Å²) >= 11 is 0. The highest BCUT2D eigenvalue weighted by molar-refractivity contribution is 7.92. The van der Waals surface area contributed by atoms with E-state index in [4.69, 9.17) is 4.74 Å². The molecule has 1 saturated carbocycles. The molecule has 2 fully saturated rings. The molecule has 2 aromatic rings. The number of sulfonamides is 1. The van der Waals surface area contributed by atoms with Gasteiger partial charge in [-0.05, 0) is 43.7 Å². The number of nitrogens with zero attached hydrogens (tertiary/aromatic N) is 3. The zero-order chi connectivity index (χ0) is 23.2. The lowest BCUT2D eigenvalue weighted by Gasteiger charge is -2.44. The van der Waals surface area contributed by atoms with Crippen LogP contribution >= 0.6 is 0 Å². The number of para-hydroxylation sites is 1. The molecule has 1 aromatic carbocycles. The van der Waals surface area contributed by atoms with Crippen molar-refractivity contribution in [2.45, 2.75) is 50.8 Å². The van der Waals surface area contributed by atoms with Crippen LogP contribution in [0.3, 0.4) is 0 Å². The summed E-state index contributed by atoms with van der Waals surface area (Å²) in [4.78, 5) is 30.1. The Morgan fingerprint density at radius 2 is 1.97 bits per heavy atom. The maximum absolute atomic E-state index is 13.0. The Hall–Kier alpha value is -2.92. The molecule has 1 aromatic heterocycles. The molecule has 11 heteroatoms. The van der Waals surface area contributed by atoms with E-state index >= 15 is 0 Å². The van der Waals surface area contributed by atoms with E-state index in [1.54, 1.807) is 24.3 Å². The van der Waals surface area contributed by atoms with Crippen LogP contribution in [0.25, 0.3) is 0 Å². The third kappa shape index (κ3) is 3.68. The van der Waals surface area contributed by atoms with Crippen LogP contribution in [0.2, 0.25) is 0 Å². The molecule has 1 saturated heterocycles. The molecule has 10 nitrogen and oxygen atoms in total. The predicted octanol–water partition coefficient (Wildman–Crippen LogP) is 1.22. The molecule has 176 valence electrons. The van der Waals surface area contributed by atoms with E-state index in [1.165, 1.54) is 8.87 Å². The second-order valence-corrected chi connectivity index (χ2v) is 10.7. The van der Waals surface area contributed by atoms with Gasteiger partial charge in [0.1, 0.15) is 11.4 Å². The van der Waals surface area contributed by atoms with Crippen LogP contribution in [0.1, 0.15) is 54.0 Å². The fourth-order valence-electron chi connectivity index (χ4n) is 4.74. The van der Waals surface area contributed by atoms with Gasteiger partial charge < -0.3 is 15.2 Å². The number of aromatic hydroxyl groups is 1. The van der Waals surface area contributed by atoms with E-state index in [0.29, 0.717) is 49.5 Å². The highest BCUT2D eigenvalue weighted by atomic mass is 32.2. The molecule has 0 atom stereocenters. The number of fused-ring (bicyclic) bond motifs is 2. The van der Waals surface area contributed by atoms with E-state index < -0.39 is 32.8 Å². The van der Waals surface area contributed by atoms with Crippen molar-refractivity contribution in [2.75, 3.05) is 23.2 Å². The number of hydrogen-bond donors (Lipinski definition) is 2. The van der Waals surface area contributed by atoms with Gasteiger partial charge in [0, 0.05) is 13.1 Å². The minimum absolute atomic E-state index is 0.0161. The highest BCUT2D eigenvalue weighted by Crippen LogP contribution is 2.45. The van der Waals surface area contributed by atoms with Crippen LogP contribution in [0, 0.1) is 0 Å². The van der Waals surface area contributed by atoms with E-state index in [-0.39, 0.29) is 24.5 Å². The van der Waals surface area contributed by atoms with Crippen molar-refractivity contribution in [2.24, 2.45) is 0 Å². The van der Waals surface area contributed by atoms with Gasteiger partial charge in [0.25, 0.3) is 11.5 Å². The van der Waals surface area contributed by atoms with Gasteiger partial charge in [0.15, 0.2) is 5.69 Å². The topological polar surface area (TPSA) is 131 Å². The largest absolute Gasteiger partial charge is 0.501 e. The summed E-state index contributed by atoms with van der Waals surface area (Å²) in [5.41, 5.74) is -0.535. The number of carbonyl (C=O) groups is 1. The van der Waals surface area contributed by atoms with Crippen molar-refractivity contribution < 1.29 is 23.1 Å². The number of nitrogens with one attached hydrogen (secondary N) is 1. The summed E-state index contributed by atoms with van der Waals surface area (Å²) in [7, 11) is -3.41. The second kappa shape index (κ2) is 8.14. The van der Waals surface area contributed by atoms with Gasteiger partial charge in [-0.1, -0.05) is 18.2 Å². The first kappa shape index (κ1) is 21.9. The number of amides is 1. The van der Waals surface area contributed by atoms with Crippen molar-refractivity contribution in [3.05, 3.63) is 51.7 Å². The number of ether oxygens (including phenoxy) is 1. The lowest BCUT2D eigenvalue weighted by molar-refractivity contribution is -0.134. The average Bonchev–Trinajstić information content (AvgIpc) is 2.78. The van der Waals surface area contributed by atoms with Crippen molar-refractivity contribution in [1.29, 1.82) is 0 Å². The maximum Gasteiger partial charge on any atom is 0.296 e. The van der Waals surface area contributed by atoms with Crippen LogP contribution in [0.15, 0.2) is 29.1 Å². The van der Waals surface area contributed by atoms with Crippen LogP contribution in [-0.2, 0) is 33.5 Å². The lowest BCUT2D eigenvalue weighted by atomic mass is 9.78. The first-order valence-corrected chi connectivity index (χ1v) is 12.8. The van der Waals surface area contributed by atoms with Gasteiger partial charge in [-0.25, -0.2) is 13.4 Å². The Kier molecular flexibility index (Phi) is 5.40. The summed E-state index contributed by atoms with van der Waals surface area (Å²) in [6.45, 7) is 1.04. The van der Waals surface area contributed by atoms with Gasteiger partial charge in [-0.3, -0.25) is 18.5 Å². The van der Waals surface area contributed by atoms with Crippen molar-refractivity contribution in [3.63, 3.8) is 0 Å². The fourth-order valence-corrected chi connectivity index (χ4v) is 6.42. The molecule has 0 unspecified atom stereocenters. The second-order valence-electron chi connectivity index (χ2n) is 8.69. The Balaban J connectivity index is 1.42. The van der Waals surface area contributed by atoms with E-state index in [1.807, 2.05) is 0 Å². The summed E-state index contributed by atoms with van der Waals surface area (Å²) in [5, 5.41) is 13.1. The number of carbonyl (C=O) groups excluding carboxylic acids is 1. The summed E-state index contributed by atoms with van der Waals surface area (Å²) < 4.78 is 33.8. The summed E-state index contributed by atoms with van der Waals surface area (Å²) in [6, 6.07) is 6.97. The molecule has 3 aliphatic rings. The summed E-state index contributed by atoms with van der Waals surface area (Å²) in [5.74, 6) is -0.925. The van der Waals surface area contributed by atoms with Gasteiger partial charge >= 0.3 is 0 Å². The molecule has 2 N–H and O–H groups in total. The average molecular weight is 475 g/mol. The zero-order valence-electron chi connectivity index (χ0n) is 18.1. The van der Waals surface area contributed by atoms with Crippen LogP contribution in [-0.4, -0.2) is 47.9 Å². The van der Waals surface area contributed by atoms with Crippen molar-refractivity contribution in [3.8, 4) is 5.75 Å². The molecular weight excluding hydrogens is 448 g/mol. The number of rotatable bonds is 4. The van der Waals surface area contributed by atoms with Gasteiger partial charge in [0.05, 0.1) is 24.6 Å². The molecule has 1 amide bonds. The predicted molar refractivity (Wildman–Crippen MR) is 120 cm³/mol. The lowest BCUT2D eigenvalue weighted by Crippen LogP contribution is -2.49. The standard InChI is InChI=1S/C22H26N4O6S/c27-18-17(24-21-22(8-5-9-22)32-12-11-25(21)20(18)29)19(28)23-14-15-6-1-2-7-16(15)26-10-3-4-13-33(26,30)31/h1-2,6-7,27H,3-5,8-14H2,(H,23,28). The van der Waals surface area contributed by atoms with Crippen LogP contribution < -0.4 is 15.2 Å². The van der Waals surface area contributed by atoms with E-state index in [2.05, 4.69) is 10.3 Å². The summed E-state index contributed by atoms with van der Waals surface area (Å²) in [6.07, 6.45) is 3.75. The Labute approximate surface area is 191 Å². The third-order valence-electron chi connectivity index (χ3n) is 6.67. The van der Waals surface area contributed by atoms with E-state index in [9.17, 15) is 23.1 Å². The number of hydrogen-bond acceptors (Lipinski definition) is 7. The minimum atomic E-state index is -3.41. The smallest absolute Gasteiger partial charge is 0.296 e. The molecule has 0 bridgehead atoms. The highest BCUT2D eigenvalue weighted by Gasteiger charge is 2.46. The fraction of sp³-hybridized carbons (Fsp3) is 0.500. The number of anilines is 1. The number of benzene rings is 1. The molecule has 33 heavy (non-hydrogen) atoms. The monoisotopic (exact) mass is 474 g/mol. The minimum Gasteiger partial charge on any atom is -0.501 e. The van der Waals surface area contributed by atoms with Crippen molar-refractivity contribution >= 4 is 21.6 Å². The first-order chi connectivity index (χ1) is 15.8. The molecule has 0 radical (unpaired) electrons. The first-order valence-electron chi connectivity index (χ1n) is 11.2. The Morgan fingerprint density at radius 3 is 2.70 bits per heavy atom. The van der Waals surface area contributed by atoms with Gasteiger partial charge in [-0.2, -0.15) is 0 Å². The van der Waals surface area contributed by atoms with E-state index in [0.717, 1.165) is 12.8 Å². The maximum atomic E-state index is 13.0. The number of aromatic nitrogens is 2. The van der Waals surface area contributed by atoms with Gasteiger partial charge in [0.2, 0.25) is 15.8 Å². The van der Waals surface area contributed by atoms with Crippen molar-refractivity contribution in [1.82, 2.24) is 14.9 Å². The van der Waals surface area contributed by atoms with Crippen LogP contribution in [0.5, 0.6) is 5.75 Å². The Morgan fingerprint density at radius 1 is 1.18 bits per heavy atom. The quantitative estimate of drug-likeness (QED) is 0.681. The third-order valence-corrected chi connectivity index (χ3v) is 8.53. The molecule has 1 aliphatic carbocycles.